The van der Waals surface area contributed by atoms with E-state index in [9.17, 15) is 10.1 Å². The molecule has 0 aliphatic heterocycles. The number of nitro groups is 1. The van der Waals surface area contributed by atoms with Crippen molar-refractivity contribution in [2.45, 2.75) is 19.3 Å². The Morgan fingerprint density at radius 2 is 2.10 bits per heavy atom. The molecule has 0 amide bonds. The molecular formula is C7H9NO2. The van der Waals surface area contributed by atoms with Crippen molar-refractivity contribution in [1.82, 2.24) is 0 Å². The van der Waals surface area contributed by atoms with Crippen LogP contribution in [0, 0.1) is 21.4 Å². The summed E-state index contributed by atoms with van der Waals surface area (Å²) in [5, 5.41) is 9.92. The lowest BCUT2D eigenvalue weighted by molar-refractivity contribution is -0.403. The van der Waals surface area contributed by atoms with Crippen LogP contribution in [0.2, 0.25) is 0 Å². The van der Waals surface area contributed by atoms with Crippen LogP contribution in [0.1, 0.15) is 19.3 Å². The molecule has 3 aliphatic rings. The van der Waals surface area contributed by atoms with Crippen LogP contribution in [-0.4, -0.2) is 4.92 Å². The molecule has 0 unspecified atom stereocenters. The minimum atomic E-state index is -0.375. The monoisotopic (exact) mass is 139 g/mol. The topological polar surface area (TPSA) is 43.1 Å². The van der Waals surface area contributed by atoms with Gasteiger partial charge >= 0.3 is 0 Å². The van der Waals surface area contributed by atoms with Crippen molar-refractivity contribution in [3.05, 3.63) is 22.4 Å². The van der Waals surface area contributed by atoms with Gasteiger partial charge in [0.25, 0.3) is 0 Å². The highest BCUT2D eigenvalue weighted by atomic mass is 16.6. The minimum Gasteiger partial charge on any atom is -0.259 e. The zero-order valence-corrected chi connectivity index (χ0v) is 5.62. The van der Waals surface area contributed by atoms with Crippen LogP contribution >= 0.6 is 0 Å². The first-order valence-electron chi connectivity index (χ1n) is 3.53. The summed E-state index contributed by atoms with van der Waals surface area (Å²) < 4.78 is 0. The summed E-state index contributed by atoms with van der Waals surface area (Å²) in [7, 11) is 0. The van der Waals surface area contributed by atoms with E-state index in [1.807, 2.05) is 0 Å². The fraction of sp³-hybridized carbons (Fsp3) is 0.714. The fourth-order valence-corrected chi connectivity index (χ4v) is 1.97. The summed E-state index contributed by atoms with van der Waals surface area (Å²) in [6.45, 7) is 0. The van der Waals surface area contributed by atoms with E-state index in [-0.39, 0.29) is 10.3 Å². The molecule has 0 N–H and O–H groups in total. The minimum absolute atomic E-state index is 0.276. The van der Waals surface area contributed by atoms with Gasteiger partial charge in [-0.2, -0.15) is 0 Å². The molecule has 54 valence electrons. The maximum absolute atomic E-state index is 9.92. The average Bonchev–Trinajstić information content (AvgIpc) is 1.56. The van der Waals surface area contributed by atoms with E-state index in [1.54, 1.807) is 6.08 Å². The highest BCUT2D eigenvalue weighted by molar-refractivity contribution is 5.16. The van der Waals surface area contributed by atoms with Crippen molar-refractivity contribution >= 4 is 0 Å². The van der Waals surface area contributed by atoms with Gasteiger partial charge in [0.2, 0.25) is 6.20 Å². The van der Waals surface area contributed by atoms with Crippen LogP contribution in [0.5, 0.6) is 0 Å². The van der Waals surface area contributed by atoms with E-state index in [1.165, 1.54) is 19.3 Å². The predicted octanol–water partition coefficient (Wildman–Crippen LogP) is 1.58. The summed E-state index contributed by atoms with van der Waals surface area (Å²) in [4.78, 5) is 9.55. The van der Waals surface area contributed by atoms with Gasteiger partial charge in [0.05, 0.1) is 4.92 Å². The third-order valence-corrected chi connectivity index (χ3v) is 2.64. The SMILES string of the molecule is O=[N+]([O-])/C=C/C12CC(C1)C2. The fourth-order valence-electron chi connectivity index (χ4n) is 1.97. The molecule has 0 saturated heterocycles. The Labute approximate surface area is 58.9 Å². The van der Waals surface area contributed by atoms with Gasteiger partial charge in [-0.1, -0.05) is 0 Å². The van der Waals surface area contributed by atoms with Crippen molar-refractivity contribution in [3.63, 3.8) is 0 Å². The van der Waals surface area contributed by atoms with Crippen LogP contribution in [0.3, 0.4) is 0 Å². The van der Waals surface area contributed by atoms with E-state index in [2.05, 4.69) is 0 Å². The van der Waals surface area contributed by atoms with Gasteiger partial charge in [-0.05, 0) is 36.7 Å². The third kappa shape index (κ3) is 0.664. The van der Waals surface area contributed by atoms with Crippen LogP contribution in [0.15, 0.2) is 12.3 Å². The second-order valence-corrected chi connectivity index (χ2v) is 3.44. The number of allylic oxidation sites excluding steroid dienone is 1. The molecule has 3 rings (SSSR count). The quantitative estimate of drug-likeness (QED) is 0.430. The summed E-state index contributed by atoms with van der Waals surface area (Å²) in [6.07, 6.45) is 6.44. The Bertz CT molecular complexity index is 193. The lowest BCUT2D eigenvalue weighted by Crippen LogP contribution is -2.50. The summed E-state index contributed by atoms with van der Waals surface area (Å²) in [5.41, 5.74) is 0.276. The van der Waals surface area contributed by atoms with Crippen molar-refractivity contribution in [2.24, 2.45) is 11.3 Å². The standard InChI is InChI=1S/C7H9NO2/c9-8(10)2-1-7-3-6(4-7)5-7/h1-2,6H,3-5H2/b2-1+. The van der Waals surface area contributed by atoms with Gasteiger partial charge < -0.3 is 0 Å². The molecule has 0 aromatic heterocycles. The van der Waals surface area contributed by atoms with E-state index in [0.717, 1.165) is 12.1 Å². The number of hydrogen-bond acceptors (Lipinski definition) is 2. The van der Waals surface area contributed by atoms with Crippen molar-refractivity contribution < 1.29 is 4.92 Å². The molecule has 0 radical (unpaired) electrons. The smallest absolute Gasteiger partial charge is 0.231 e. The van der Waals surface area contributed by atoms with Crippen molar-refractivity contribution in [3.8, 4) is 0 Å². The molecule has 0 spiro atoms. The number of rotatable bonds is 2. The lowest BCUT2D eigenvalue weighted by Gasteiger charge is -2.59. The van der Waals surface area contributed by atoms with Crippen molar-refractivity contribution in [1.29, 1.82) is 0 Å². The van der Waals surface area contributed by atoms with Gasteiger partial charge in [-0.25, -0.2) is 0 Å². The predicted molar refractivity (Wildman–Crippen MR) is 35.9 cm³/mol. The van der Waals surface area contributed by atoms with Gasteiger partial charge in [0, 0.05) is 0 Å². The summed E-state index contributed by atoms with van der Waals surface area (Å²) >= 11 is 0. The molecule has 3 saturated carbocycles. The first-order chi connectivity index (χ1) is 4.70. The summed E-state index contributed by atoms with van der Waals surface area (Å²) in [5.74, 6) is 0.899. The Morgan fingerprint density at radius 3 is 2.40 bits per heavy atom. The number of nitrogens with zero attached hydrogens (tertiary/aromatic N) is 1. The first-order valence-corrected chi connectivity index (χ1v) is 3.53. The zero-order chi connectivity index (χ0) is 7.19. The van der Waals surface area contributed by atoms with Gasteiger partial charge in [-0.15, -0.1) is 0 Å². The Hall–Kier alpha value is -0.860. The molecule has 0 aromatic carbocycles. The molecule has 10 heavy (non-hydrogen) atoms. The molecular weight excluding hydrogens is 130 g/mol. The van der Waals surface area contributed by atoms with Crippen LogP contribution in [-0.2, 0) is 0 Å². The molecule has 2 bridgehead atoms. The molecule has 0 atom stereocenters. The second-order valence-electron chi connectivity index (χ2n) is 3.44. The second kappa shape index (κ2) is 1.59. The largest absolute Gasteiger partial charge is 0.259 e. The normalized spacial score (nSPS) is 42.6. The van der Waals surface area contributed by atoms with Gasteiger partial charge in [0.1, 0.15) is 0 Å². The molecule has 3 nitrogen and oxygen atoms in total. The van der Waals surface area contributed by atoms with Gasteiger partial charge in [0.15, 0.2) is 0 Å². The van der Waals surface area contributed by atoms with Gasteiger partial charge in [-0.3, -0.25) is 10.1 Å². The lowest BCUT2D eigenvalue weighted by atomic mass is 9.44. The molecule has 0 aromatic rings. The maximum Gasteiger partial charge on any atom is 0.231 e. The molecule has 3 aliphatic carbocycles. The van der Waals surface area contributed by atoms with E-state index in [4.69, 9.17) is 0 Å². The number of hydrogen-bond donors (Lipinski definition) is 0. The van der Waals surface area contributed by atoms with Crippen LogP contribution in [0.4, 0.5) is 0 Å². The molecule has 3 heteroatoms. The summed E-state index contributed by atoms with van der Waals surface area (Å²) in [6, 6.07) is 0. The third-order valence-electron chi connectivity index (χ3n) is 2.64. The van der Waals surface area contributed by atoms with Crippen molar-refractivity contribution in [2.75, 3.05) is 0 Å². The average molecular weight is 139 g/mol. The Morgan fingerprint density at radius 1 is 1.50 bits per heavy atom. The van der Waals surface area contributed by atoms with E-state index >= 15 is 0 Å². The highest BCUT2D eigenvalue weighted by Crippen LogP contribution is 2.65. The van der Waals surface area contributed by atoms with E-state index < -0.39 is 0 Å². The maximum atomic E-state index is 9.92. The highest BCUT2D eigenvalue weighted by Gasteiger charge is 2.55. The Balaban J connectivity index is 1.95. The molecule has 0 heterocycles. The zero-order valence-electron chi connectivity index (χ0n) is 5.62. The molecule has 3 fully saturated rings. The van der Waals surface area contributed by atoms with E-state index in [0.29, 0.717) is 0 Å². The Kier molecular flexibility index (Phi) is 0.938. The van der Waals surface area contributed by atoms with Crippen LogP contribution < -0.4 is 0 Å². The van der Waals surface area contributed by atoms with Crippen LogP contribution in [0.25, 0.3) is 0 Å². The first kappa shape index (κ1) is 5.89.